The van der Waals surface area contributed by atoms with Crippen LogP contribution in [0.4, 0.5) is 0 Å². The van der Waals surface area contributed by atoms with Crippen LogP contribution < -0.4 is 5.32 Å². The molecule has 0 aromatic carbocycles. The fourth-order valence-electron chi connectivity index (χ4n) is 1.72. The lowest BCUT2D eigenvalue weighted by molar-refractivity contribution is -0.135. The van der Waals surface area contributed by atoms with Gasteiger partial charge < -0.3 is 10.2 Å². The number of likely N-dealkylation sites (tertiary alicyclic amines) is 1. The van der Waals surface area contributed by atoms with Gasteiger partial charge in [0.15, 0.2) is 0 Å². The number of amides is 1. The number of Topliss-reactive ketones (excluding diaryl/α,β-unsaturated/α-hetero) is 1. The molecule has 1 heterocycles. The van der Waals surface area contributed by atoms with Crippen LogP contribution in [0.15, 0.2) is 0 Å². The fraction of sp³-hybridized carbons (Fsp3) is 0.818. The minimum absolute atomic E-state index is 0.131. The maximum atomic E-state index is 11.8. The molecule has 5 nitrogen and oxygen atoms in total. The normalized spacial score (nSPS) is 16.9. The molecule has 1 rings (SSSR count). The van der Waals surface area contributed by atoms with E-state index in [1.807, 2.05) is 19.0 Å². The predicted octanol–water partition coefficient (Wildman–Crippen LogP) is -0.671. The molecule has 0 aromatic rings. The highest BCUT2D eigenvalue weighted by molar-refractivity contribution is 5.84. The van der Waals surface area contributed by atoms with E-state index in [2.05, 4.69) is 5.32 Å². The maximum absolute atomic E-state index is 11.8. The van der Waals surface area contributed by atoms with Crippen molar-refractivity contribution in [3.8, 4) is 0 Å². The number of ketones is 1. The summed E-state index contributed by atoms with van der Waals surface area (Å²) in [6.07, 6.45) is 1.04. The Bertz CT molecular complexity index is 246. The van der Waals surface area contributed by atoms with E-state index >= 15 is 0 Å². The summed E-state index contributed by atoms with van der Waals surface area (Å²) in [5.41, 5.74) is 0. The van der Waals surface area contributed by atoms with Crippen molar-refractivity contribution >= 4 is 11.7 Å². The number of hydrogen-bond acceptors (Lipinski definition) is 4. The number of hydrogen-bond donors (Lipinski definition) is 1. The number of nitrogens with zero attached hydrogens (tertiary/aromatic N) is 2. The zero-order valence-corrected chi connectivity index (χ0v) is 10.2. The van der Waals surface area contributed by atoms with E-state index in [4.69, 9.17) is 0 Å². The molecule has 5 heteroatoms. The molecule has 1 N–H and O–H groups in total. The summed E-state index contributed by atoms with van der Waals surface area (Å²) in [7, 11) is 3.83. The molecule has 0 radical (unpaired) electrons. The average molecular weight is 227 g/mol. The summed E-state index contributed by atoms with van der Waals surface area (Å²) < 4.78 is 0. The van der Waals surface area contributed by atoms with Crippen molar-refractivity contribution in [1.82, 2.24) is 15.1 Å². The van der Waals surface area contributed by atoms with Crippen molar-refractivity contribution in [2.45, 2.75) is 12.8 Å². The van der Waals surface area contributed by atoms with Crippen LogP contribution >= 0.6 is 0 Å². The summed E-state index contributed by atoms with van der Waals surface area (Å²) in [5, 5.41) is 3.05. The number of rotatable bonds is 5. The van der Waals surface area contributed by atoms with Gasteiger partial charge in [-0.25, -0.2) is 0 Å². The van der Waals surface area contributed by atoms with Gasteiger partial charge >= 0.3 is 0 Å². The minimum Gasteiger partial charge on any atom is -0.341 e. The van der Waals surface area contributed by atoms with Gasteiger partial charge in [-0.3, -0.25) is 14.5 Å². The lowest BCUT2D eigenvalue weighted by Crippen LogP contribution is -2.44. The summed E-state index contributed by atoms with van der Waals surface area (Å²) in [4.78, 5) is 26.7. The Kier molecular flexibility index (Phi) is 5.42. The highest BCUT2D eigenvalue weighted by Gasteiger charge is 2.21. The molecule has 92 valence electrons. The Morgan fingerprint density at radius 3 is 2.62 bits per heavy atom. The van der Waals surface area contributed by atoms with Crippen molar-refractivity contribution in [1.29, 1.82) is 0 Å². The van der Waals surface area contributed by atoms with Crippen LogP contribution in [0.1, 0.15) is 12.8 Å². The standard InChI is InChI=1S/C11H21N3O2/c1-12-5-8-13(2)9-11(16)14-6-3-10(15)4-7-14/h12H,3-9H2,1-2H3. The molecule has 1 aliphatic rings. The zero-order chi connectivity index (χ0) is 12.0. The summed E-state index contributed by atoms with van der Waals surface area (Å²) in [5.74, 6) is 0.402. The molecule has 0 aliphatic carbocycles. The van der Waals surface area contributed by atoms with E-state index in [-0.39, 0.29) is 11.7 Å². The van der Waals surface area contributed by atoms with Crippen molar-refractivity contribution in [2.75, 3.05) is 46.8 Å². The Balaban J connectivity index is 2.26. The van der Waals surface area contributed by atoms with Gasteiger partial charge in [0.05, 0.1) is 6.54 Å². The highest BCUT2D eigenvalue weighted by Crippen LogP contribution is 2.06. The molecule has 0 spiro atoms. The first kappa shape index (κ1) is 13.1. The zero-order valence-electron chi connectivity index (χ0n) is 10.2. The first-order valence-electron chi connectivity index (χ1n) is 5.76. The molecule has 1 saturated heterocycles. The van der Waals surface area contributed by atoms with E-state index in [9.17, 15) is 9.59 Å². The second kappa shape index (κ2) is 6.60. The van der Waals surface area contributed by atoms with Crippen LogP contribution in [0.25, 0.3) is 0 Å². The first-order chi connectivity index (χ1) is 7.63. The lowest BCUT2D eigenvalue weighted by Gasteiger charge is -2.28. The smallest absolute Gasteiger partial charge is 0.236 e. The van der Waals surface area contributed by atoms with Crippen LogP contribution in [0.3, 0.4) is 0 Å². The largest absolute Gasteiger partial charge is 0.341 e. The predicted molar refractivity (Wildman–Crippen MR) is 62.2 cm³/mol. The van der Waals surface area contributed by atoms with E-state index in [1.165, 1.54) is 0 Å². The van der Waals surface area contributed by atoms with E-state index in [0.29, 0.717) is 32.5 Å². The maximum Gasteiger partial charge on any atom is 0.236 e. The number of nitrogens with one attached hydrogen (secondary N) is 1. The Morgan fingerprint density at radius 2 is 2.06 bits per heavy atom. The summed E-state index contributed by atoms with van der Waals surface area (Å²) in [6.45, 7) is 3.36. The van der Waals surface area contributed by atoms with Crippen molar-refractivity contribution in [3.05, 3.63) is 0 Å². The molecule has 1 fully saturated rings. The quantitative estimate of drug-likeness (QED) is 0.677. The number of likely N-dealkylation sites (N-methyl/N-ethyl adjacent to an activating group) is 2. The van der Waals surface area contributed by atoms with E-state index in [1.54, 1.807) is 4.90 Å². The molecule has 1 aliphatic heterocycles. The number of carbonyl (C=O) groups is 2. The van der Waals surface area contributed by atoms with Crippen molar-refractivity contribution in [2.24, 2.45) is 0 Å². The van der Waals surface area contributed by atoms with Gasteiger partial charge in [-0.1, -0.05) is 0 Å². The van der Waals surface area contributed by atoms with Gasteiger partial charge in [-0.2, -0.15) is 0 Å². The molecule has 0 saturated carbocycles. The second-order valence-electron chi connectivity index (χ2n) is 4.26. The lowest BCUT2D eigenvalue weighted by atomic mass is 10.1. The van der Waals surface area contributed by atoms with Gasteiger partial charge in [-0.05, 0) is 14.1 Å². The molecule has 0 aromatic heterocycles. The average Bonchev–Trinajstić information content (AvgIpc) is 2.27. The molecule has 0 unspecified atom stereocenters. The topological polar surface area (TPSA) is 52.7 Å². The molecule has 16 heavy (non-hydrogen) atoms. The van der Waals surface area contributed by atoms with Crippen LogP contribution in [-0.2, 0) is 9.59 Å². The highest BCUT2D eigenvalue weighted by atomic mass is 16.2. The first-order valence-corrected chi connectivity index (χ1v) is 5.76. The summed E-state index contributed by atoms with van der Waals surface area (Å²) >= 11 is 0. The summed E-state index contributed by atoms with van der Waals surface area (Å²) in [6, 6.07) is 0. The van der Waals surface area contributed by atoms with E-state index in [0.717, 1.165) is 13.1 Å². The monoisotopic (exact) mass is 227 g/mol. The van der Waals surface area contributed by atoms with Gasteiger partial charge in [0, 0.05) is 39.0 Å². The van der Waals surface area contributed by atoms with Gasteiger partial charge in [0.25, 0.3) is 0 Å². The van der Waals surface area contributed by atoms with Crippen molar-refractivity contribution < 1.29 is 9.59 Å². The molecular weight excluding hydrogens is 206 g/mol. The Hall–Kier alpha value is -0.940. The molecular formula is C11H21N3O2. The Morgan fingerprint density at radius 1 is 1.44 bits per heavy atom. The number of piperidine rings is 1. The van der Waals surface area contributed by atoms with Crippen molar-refractivity contribution in [3.63, 3.8) is 0 Å². The van der Waals surface area contributed by atoms with E-state index < -0.39 is 0 Å². The van der Waals surface area contributed by atoms with Gasteiger partial charge in [0.1, 0.15) is 5.78 Å². The van der Waals surface area contributed by atoms with Crippen LogP contribution in [-0.4, -0.2) is 68.3 Å². The third-order valence-corrected chi connectivity index (χ3v) is 2.82. The third-order valence-electron chi connectivity index (χ3n) is 2.82. The molecule has 0 bridgehead atoms. The SMILES string of the molecule is CNCCN(C)CC(=O)N1CCC(=O)CC1. The van der Waals surface area contributed by atoms with Gasteiger partial charge in [0.2, 0.25) is 5.91 Å². The molecule has 0 atom stereocenters. The van der Waals surface area contributed by atoms with Crippen LogP contribution in [0, 0.1) is 0 Å². The molecule has 1 amide bonds. The second-order valence-corrected chi connectivity index (χ2v) is 4.26. The van der Waals surface area contributed by atoms with Gasteiger partial charge in [-0.15, -0.1) is 0 Å². The minimum atomic E-state index is 0.131. The third kappa shape index (κ3) is 4.28. The Labute approximate surface area is 96.8 Å². The van der Waals surface area contributed by atoms with Crippen LogP contribution in [0.2, 0.25) is 0 Å². The fourth-order valence-corrected chi connectivity index (χ4v) is 1.72. The number of carbonyl (C=O) groups excluding carboxylic acids is 2. The van der Waals surface area contributed by atoms with Crippen LogP contribution in [0.5, 0.6) is 0 Å².